The Morgan fingerprint density at radius 2 is 1.74 bits per heavy atom. The number of halogens is 3. The van der Waals surface area contributed by atoms with Crippen molar-refractivity contribution in [1.29, 1.82) is 0 Å². The molecule has 27 heavy (non-hydrogen) atoms. The van der Waals surface area contributed by atoms with Crippen LogP contribution in [0.4, 0.5) is 5.69 Å². The minimum absolute atomic E-state index is 0. The van der Waals surface area contributed by atoms with E-state index in [-0.39, 0.29) is 17.3 Å². The normalized spacial score (nSPS) is 15.0. The molecule has 2 heterocycles. The summed E-state index contributed by atoms with van der Waals surface area (Å²) < 4.78 is 27.5. The van der Waals surface area contributed by atoms with Crippen molar-refractivity contribution in [2.75, 3.05) is 31.1 Å². The second-order valence-electron chi connectivity index (χ2n) is 6.14. The Labute approximate surface area is 174 Å². The van der Waals surface area contributed by atoms with Crippen LogP contribution in [0, 0.1) is 0 Å². The van der Waals surface area contributed by atoms with Crippen LogP contribution in [0.3, 0.4) is 0 Å². The molecule has 0 saturated carbocycles. The zero-order valence-electron chi connectivity index (χ0n) is 14.2. The number of hydrogen-bond donors (Lipinski definition) is 1. The summed E-state index contributed by atoms with van der Waals surface area (Å²) in [4.78, 5) is 2.37. The van der Waals surface area contributed by atoms with Gasteiger partial charge in [0.15, 0.2) is 0 Å². The zero-order valence-corrected chi connectivity index (χ0v) is 17.4. The van der Waals surface area contributed by atoms with Crippen LogP contribution in [0.15, 0.2) is 53.6 Å². The summed E-state index contributed by atoms with van der Waals surface area (Å²) in [6.07, 6.45) is 1.55. The average molecular weight is 447 g/mol. The first-order chi connectivity index (χ1) is 12.5. The second kappa shape index (κ2) is 7.89. The smallest absolute Gasteiger partial charge is 0.268 e. The molecule has 0 aliphatic carbocycles. The number of nitrogens with one attached hydrogen (secondary N) is 1. The van der Waals surface area contributed by atoms with Crippen molar-refractivity contribution in [3.05, 3.63) is 58.7 Å². The molecule has 9 heteroatoms. The van der Waals surface area contributed by atoms with E-state index in [1.54, 1.807) is 30.5 Å². The van der Waals surface area contributed by atoms with E-state index in [1.165, 1.54) is 16.1 Å². The molecule has 0 radical (unpaired) electrons. The highest BCUT2D eigenvalue weighted by Gasteiger charge is 2.23. The maximum atomic E-state index is 13.1. The fraction of sp³-hybridized carbons (Fsp3) is 0.222. The summed E-state index contributed by atoms with van der Waals surface area (Å²) in [5, 5.41) is 4.91. The van der Waals surface area contributed by atoms with Crippen molar-refractivity contribution < 1.29 is 8.42 Å². The van der Waals surface area contributed by atoms with E-state index in [0.717, 1.165) is 37.3 Å². The molecule has 1 aliphatic heterocycles. The lowest BCUT2D eigenvalue weighted by molar-refractivity contribution is 0.588. The fourth-order valence-electron chi connectivity index (χ4n) is 3.30. The minimum Gasteiger partial charge on any atom is -0.368 e. The van der Waals surface area contributed by atoms with Crippen molar-refractivity contribution in [2.24, 2.45) is 0 Å². The van der Waals surface area contributed by atoms with E-state index >= 15 is 0 Å². The van der Waals surface area contributed by atoms with Gasteiger partial charge in [0.05, 0.1) is 15.4 Å². The Bertz CT molecular complexity index is 1080. The van der Waals surface area contributed by atoms with Crippen molar-refractivity contribution in [1.82, 2.24) is 9.29 Å². The SMILES string of the molecule is Cl.O=S(=O)(c1cccc(Cl)c1)n1ccc2c(N3CCNCC3)ccc(Cl)c21. The van der Waals surface area contributed by atoms with Crippen molar-refractivity contribution >= 4 is 62.2 Å². The molecule has 1 fully saturated rings. The van der Waals surface area contributed by atoms with Gasteiger partial charge in [-0.3, -0.25) is 0 Å². The van der Waals surface area contributed by atoms with E-state index in [0.29, 0.717) is 15.6 Å². The molecule has 5 nitrogen and oxygen atoms in total. The van der Waals surface area contributed by atoms with Crippen molar-refractivity contribution in [3.8, 4) is 0 Å². The Balaban J connectivity index is 0.00000210. The zero-order chi connectivity index (χ0) is 18.3. The third-order valence-electron chi connectivity index (χ3n) is 4.55. The summed E-state index contributed by atoms with van der Waals surface area (Å²) in [5.74, 6) is 0. The maximum Gasteiger partial charge on any atom is 0.268 e. The van der Waals surface area contributed by atoms with Crippen LogP contribution >= 0.6 is 35.6 Å². The molecule has 0 unspecified atom stereocenters. The van der Waals surface area contributed by atoms with Gasteiger partial charge in [-0.25, -0.2) is 12.4 Å². The summed E-state index contributed by atoms with van der Waals surface area (Å²) in [6, 6.07) is 11.7. The molecule has 4 rings (SSSR count). The van der Waals surface area contributed by atoms with Gasteiger partial charge in [-0.05, 0) is 36.4 Å². The third kappa shape index (κ3) is 3.65. The standard InChI is InChI=1S/C18H17Cl2N3O2S.ClH/c19-13-2-1-3-14(12-13)26(24,25)23-9-6-15-17(5-4-16(20)18(15)23)22-10-7-21-8-11-22;/h1-6,9,12,21H,7-8,10-11H2;1H. The first-order valence-corrected chi connectivity index (χ1v) is 10.4. The number of nitrogens with zero attached hydrogens (tertiary/aromatic N) is 2. The topological polar surface area (TPSA) is 54.3 Å². The third-order valence-corrected chi connectivity index (χ3v) is 6.76. The van der Waals surface area contributed by atoms with E-state index in [2.05, 4.69) is 10.2 Å². The average Bonchev–Trinajstić information content (AvgIpc) is 3.10. The lowest BCUT2D eigenvalue weighted by atomic mass is 10.2. The van der Waals surface area contributed by atoms with Crippen molar-refractivity contribution in [2.45, 2.75) is 4.90 Å². The van der Waals surface area contributed by atoms with Crippen LogP contribution in [0.25, 0.3) is 10.9 Å². The van der Waals surface area contributed by atoms with E-state index in [1.807, 2.05) is 6.07 Å². The molecule has 1 saturated heterocycles. The number of aromatic nitrogens is 1. The first-order valence-electron chi connectivity index (χ1n) is 8.25. The number of hydrogen-bond acceptors (Lipinski definition) is 4. The van der Waals surface area contributed by atoms with Gasteiger partial charge in [0.1, 0.15) is 0 Å². The molecular formula is C18H18Cl3N3O2S. The van der Waals surface area contributed by atoms with Gasteiger partial charge in [-0.15, -0.1) is 12.4 Å². The van der Waals surface area contributed by atoms with Gasteiger partial charge >= 0.3 is 0 Å². The summed E-state index contributed by atoms with van der Waals surface area (Å²) in [6.45, 7) is 3.52. The van der Waals surface area contributed by atoms with Crippen LogP contribution in [-0.4, -0.2) is 38.6 Å². The second-order valence-corrected chi connectivity index (χ2v) is 8.80. The van der Waals surface area contributed by atoms with Crippen LogP contribution in [0.1, 0.15) is 0 Å². The molecule has 1 N–H and O–H groups in total. The van der Waals surface area contributed by atoms with Gasteiger partial charge in [0.25, 0.3) is 10.0 Å². The highest BCUT2D eigenvalue weighted by molar-refractivity contribution is 7.90. The Kier molecular flexibility index (Phi) is 5.93. The fourth-order valence-corrected chi connectivity index (χ4v) is 5.27. The number of rotatable bonds is 3. The Hall–Kier alpha value is -1.44. The quantitative estimate of drug-likeness (QED) is 0.660. The predicted octanol–water partition coefficient (Wildman–Crippen LogP) is 4.02. The summed E-state index contributed by atoms with van der Waals surface area (Å²) >= 11 is 12.4. The molecule has 0 amide bonds. The Morgan fingerprint density at radius 1 is 1.00 bits per heavy atom. The first kappa shape index (κ1) is 20.3. The van der Waals surface area contributed by atoms with E-state index in [4.69, 9.17) is 23.2 Å². The lowest BCUT2D eigenvalue weighted by Gasteiger charge is -2.30. The maximum absolute atomic E-state index is 13.1. The minimum atomic E-state index is -3.80. The number of fused-ring (bicyclic) bond motifs is 1. The van der Waals surface area contributed by atoms with Gasteiger partial charge in [-0.1, -0.05) is 29.3 Å². The van der Waals surface area contributed by atoms with Crippen LogP contribution < -0.4 is 10.2 Å². The molecule has 1 aromatic heterocycles. The highest BCUT2D eigenvalue weighted by Crippen LogP contribution is 2.35. The molecule has 1 aliphatic rings. The van der Waals surface area contributed by atoms with E-state index in [9.17, 15) is 8.42 Å². The predicted molar refractivity (Wildman–Crippen MR) is 113 cm³/mol. The van der Waals surface area contributed by atoms with Gasteiger partial charge in [-0.2, -0.15) is 0 Å². The van der Waals surface area contributed by atoms with Crippen LogP contribution in [0.2, 0.25) is 10.0 Å². The molecule has 0 bridgehead atoms. The monoisotopic (exact) mass is 445 g/mol. The number of anilines is 1. The summed E-state index contributed by atoms with van der Waals surface area (Å²) in [5.41, 5.74) is 1.48. The van der Waals surface area contributed by atoms with Crippen LogP contribution in [0.5, 0.6) is 0 Å². The molecule has 0 atom stereocenters. The van der Waals surface area contributed by atoms with Gasteiger partial charge in [0.2, 0.25) is 0 Å². The van der Waals surface area contributed by atoms with Crippen LogP contribution in [-0.2, 0) is 10.0 Å². The van der Waals surface area contributed by atoms with Gasteiger partial charge < -0.3 is 10.2 Å². The molecule has 3 aromatic rings. The van der Waals surface area contributed by atoms with E-state index < -0.39 is 10.0 Å². The molecule has 0 spiro atoms. The largest absolute Gasteiger partial charge is 0.368 e. The Morgan fingerprint density at radius 3 is 2.44 bits per heavy atom. The highest BCUT2D eigenvalue weighted by atomic mass is 35.5. The number of benzene rings is 2. The molecular weight excluding hydrogens is 429 g/mol. The molecule has 2 aromatic carbocycles. The van der Waals surface area contributed by atoms with Crippen molar-refractivity contribution in [3.63, 3.8) is 0 Å². The lowest BCUT2D eigenvalue weighted by Crippen LogP contribution is -2.43. The molecule has 144 valence electrons. The van der Waals surface area contributed by atoms with Gasteiger partial charge in [0, 0.05) is 48.5 Å². The summed E-state index contributed by atoms with van der Waals surface area (Å²) in [7, 11) is -3.80. The number of piperazine rings is 1.